The van der Waals surface area contributed by atoms with Crippen molar-refractivity contribution in [2.24, 2.45) is 5.92 Å². The predicted molar refractivity (Wildman–Crippen MR) is 125 cm³/mol. The summed E-state index contributed by atoms with van der Waals surface area (Å²) in [5.74, 6) is 0.446. The molecule has 9 heteroatoms. The zero-order chi connectivity index (χ0) is 22.8. The summed E-state index contributed by atoms with van der Waals surface area (Å²) in [6.45, 7) is 5.23. The number of carbonyl (C=O) groups is 1. The molecule has 3 aromatic rings. The Kier molecular flexibility index (Phi) is 6.27. The van der Waals surface area contributed by atoms with Crippen LogP contribution in [-0.2, 0) is 17.8 Å². The van der Waals surface area contributed by atoms with Crippen LogP contribution in [-0.4, -0.2) is 32.7 Å². The minimum absolute atomic E-state index is 0.0296. The van der Waals surface area contributed by atoms with Crippen LogP contribution in [0.15, 0.2) is 52.4 Å². The fraction of sp³-hybridized carbons (Fsp3) is 0.348. The topological polar surface area (TPSA) is 98.3 Å². The maximum Gasteiger partial charge on any atom is 0.269 e. The molecular formula is C23H24N4O4S. The van der Waals surface area contributed by atoms with Gasteiger partial charge in [0, 0.05) is 30.9 Å². The molecule has 0 bridgehead atoms. The molecule has 0 N–H and O–H groups in total. The lowest BCUT2D eigenvalue weighted by atomic mass is 10.1. The van der Waals surface area contributed by atoms with Crippen LogP contribution >= 0.6 is 11.8 Å². The van der Waals surface area contributed by atoms with E-state index in [-0.39, 0.29) is 22.9 Å². The second kappa shape index (κ2) is 9.12. The quantitative estimate of drug-likeness (QED) is 0.232. The molecule has 0 atom stereocenters. The van der Waals surface area contributed by atoms with Gasteiger partial charge in [0.05, 0.1) is 21.6 Å². The number of nitro groups is 1. The third-order valence-corrected chi connectivity index (χ3v) is 6.51. The van der Waals surface area contributed by atoms with Crippen molar-refractivity contribution in [2.75, 3.05) is 17.2 Å². The van der Waals surface area contributed by atoms with Crippen molar-refractivity contribution < 1.29 is 9.72 Å². The Bertz CT molecular complexity index is 1250. The highest BCUT2D eigenvalue weighted by atomic mass is 32.2. The van der Waals surface area contributed by atoms with E-state index in [4.69, 9.17) is 0 Å². The summed E-state index contributed by atoms with van der Waals surface area (Å²) in [4.78, 5) is 43.0. The van der Waals surface area contributed by atoms with Gasteiger partial charge in [-0.15, -0.1) is 0 Å². The molecule has 2 heterocycles. The highest BCUT2D eigenvalue weighted by Crippen LogP contribution is 2.32. The number of hydrogen-bond donors (Lipinski definition) is 0. The molecule has 0 spiro atoms. The first-order chi connectivity index (χ1) is 15.3. The summed E-state index contributed by atoms with van der Waals surface area (Å²) < 4.78 is 1.67. The van der Waals surface area contributed by atoms with E-state index in [0.717, 1.165) is 12.0 Å². The van der Waals surface area contributed by atoms with Crippen LogP contribution in [0.2, 0.25) is 0 Å². The lowest BCUT2D eigenvalue weighted by molar-refractivity contribution is -0.384. The van der Waals surface area contributed by atoms with E-state index in [1.807, 2.05) is 12.1 Å². The van der Waals surface area contributed by atoms with Crippen LogP contribution < -0.4 is 10.5 Å². The molecular weight excluding hydrogens is 428 g/mol. The smallest absolute Gasteiger partial charge is 0.269 e. The molecule has 2 aromatic carbocycles. The summed E-state index contributed by atoms with van der Waals surface area (Å²) in [7, 11) is 0. The fourth-order valence-corrected chi connectivity index (χ4v) is 4.71. The van der Waals surface area contributed by atoms with Crippen LogP contribution in [0.3, 0.4) is 0 Å². The van der Waals surface area contributed by atoms with Crippen LogP contribution in [0.1, 0.15) is 25.8 Å². The number of fused-ring (bicyclic) bond motifs is 2. The second-order valence-electron chi connectivity index (χ2n) is 8.21. The number of rotatable bonds is 7. The fourth-order valence-electron chi connectivity index (χ4n) is 3.81. The van der Waals surface area contributed by atoms with E-state index in [1.165, 1.54) is 23.9 Å². The van der Waals surface area contributed by atoms with Gasteiger partial charge in [-0.2, -0.15) is 0 Å². The summed E-state index contributed by atoms with van der Waals surface area (Å²) >= 11 is 1.26. The summed E-state index contributed by atoms with van der Waals surface area (Å²) in [5, 5.41) is 12.1. The van der Waals surface area contributed by atoms with Crippen LogP contribution in [0.25, 0.3) is 10.9 Å². The summed E-state index contributed by atoms with van der Waals surface area (Å²) in [5.41, 5.74) is 2.07. The van der Waals surface area contributed by atoms with Crippen LogP contribution in [0.4, 0.5) is 11.4 Å². The van der Waals surface area contributed by atoms with E-state index in [9.17, 15) is 19.7 Å². The molecule has 4 rings (SSSR count). The van der Waals surface area contributed by atoms with E-state index >= 15 is 0 Å². The van der Waals surface area contributed by atoms with E-state index in [0.29, 0.717) is 47.2 Å². The number of thioether (sulfide) groups is 1. The number of nitro benzene ring substituents is 1. The number of benzene rings is 2. The van der Waals surface area contributed by atoms with Crippen molar-refractivity contribution in [3.05, 3.63) is 68.5 Å². The summed E-state index contributed by atoms with van der Waals surface area (Å²) in [6.07, 6.45) is 1.42. The normalized spacial score (nSPS) is 13.0. The maximum atomic E-state index is 13.1. The lowest BCUT2D eigenvalue weighted by Crippen LogP contribution is -2.31. The Morgan fingerprint density at radius 2 is 2.03 bits per heavy atom. The molecule has 1 aliphatic rings. The van der Waals surface area contributed by atoms with Gasteiger partial charge >= 0.3 is 0 Å². The van der Waals surface area contributed by atoms with Gasteiger partial charge in [0.1, 0.15) is 0 Å². The largest absolute Gasteiger partial charge is 0.311 e. The number of aromatic nitrogens is 2. The second-order valence-corrected chi connectivity index (χ2v) is 9.15. The number of non-ortho nitro benzene ring substituents is 1. The van der Waals surface area contributed by atoms with E-state index in [2.05, 4.69) is 18.8 Å². The van der Waals surface area contributed by atoms with Gasteiger partial charge in [0.25, 0.3) is 11.2 Å². The zero-order valence-electron chi connectivity index (χ0n) is 18.0. The Labute approximate surface area is 189 Å². The van der Waals surface area contributed by atoms with Gasteiger partial charge in [-0.1, -0.05) is 37.7 Å². The standard InChI is InChI=1S/C23H24N4O4S/c1-15(2)9-11-26-22(29)18-5-3-4-6-19(18)24-23(26)32-14-21(28)25-12-10-16-13-17(27(30)31)7-8-20(16)25/h3-8,13,15H,9-12,14H2,1-2H3. The predicted octanol–water partition coefficient (Wildman–Crippen LogP) is 4.03. The average molecular weight is 453 g/mol. The number of nitrogens with zero attached hydrogens (tertiary/aromatic N) is 4. The minimum Gasteiger partial charge on any atom is -0.311 e. The first-order valence-corrected chi connectivity index (χ1v) is 11.5. The van der Waals surface area contributed by atoms with Gasteiger partial charge in [0.2, 0.25) is 5.91 Å². The highest BCUT2D eigenvalue weighted by molar-refractivity contribution is 7.99. The molecule has 1 aromatic heterocycles. The third-order valence-electron chi connectivity index (χ3n) is 5.55. The summed E-state index contributed by atoms with van der Waals surface area (Å²) in [6, 6.07) is 11.8. The van der Waals surface area contributed by atoms with Crippen LogP contribution in [0.5, 0.6) is 0 Å². The Morgan fingerprint density at radius 3 is 2.78 bits per heavy atom. The van der Waals surface area contributed by atoms with E-state index in [1.54, 1.807) is 27.7 Å². The van der Waals surface area contributed by atoms with Crippen molar-refractivity contribution in [1.82, 2.24) is 9.55 Å². The molecule has 166 valence electrons. The van der Waals surface area contributed by atoms with Crippen molar-refractivity contribution in [3.8, 4) is 0 Å². The Morgan fingerprint density at radius 1 is 1.25 bits per heavy atom. The molecule has 0 fully saturated rings. The number of amides is 1. The van der Waals surface area contributed by atoms with Gasteiger partial charge in [-0.25, -0.2) is 4.98 Å². The van der Waals surface area contributed by atoms with Gasteiger partial charge in [0.15, 0.2) is 5.16 Å². The Balaban J connectivity index is 1.57. The lowest BCUT2D eigenvalue weighted by Gasteiger charge is -2.18. The maximum absolute atomic E-state index is 13.1. The number of anilines is 1. The zero-order valence-corrected chi connectivity index (χ0v) is 18.8. The average Bonchev–Trinajstić information content (AvgIpc) is 3.20. The van der Waals surface area contributed by atoms with Crippen molar-refractivity contribution in [2.45, 2.75) is 38.4 Å². The SMILES string of the molecule is CC(C)CCn1c(SCC(=O)N2CCc3cc([N+](=O)[O-])ccc32)nc2ccccc2c1=O. The molecule has 0 saturated heterocycles. The molecule has 1 amide bonds. The molecule has 0 saturated carbocycles. The van der Waals surface area contributed by atoms with Crippen molar-refractivity contribution in [3.63, 3.8) is 0 Å². The van der Waals surface area contributed by atoms with Crippen molar-refractivity contribution >= 4 is 39.9 Å². The van der Waals surface area contributed by atoms with Gasteiger partial charge < -0.3 is 4.90 Å². The monoisotopic (exact) mass is 452 g/mol. The van der Waals surface area contributed by atoms with Gasteiger partial charge in [-0.05, 0) is 42.5 Å². The van der Waals surface area contributed by atoms with Crippen molar-refractivity contribution in [1.29, 1.82) is 0 Å². The number of carbonyl (C=O) groups excluding carboxylic acids is 1. The van der Waals surface area contributed by atoms with E-state index < -0.39 is 4.92 Å². The first-order valence-electron chi connectivity index (χ1n) is 10.5. The first kappa shape index (κ1) is 22.0. The minimum atomic E-state index is -0.428. The van der Waals surface area contributed by atoms with Gasteiger partial charge in [-0.3, -0.25) is 24.3 Å². The third kappa shape index (κ3) is 4.38. The number of para-hydroxylation sites is 1. The molecule has 0 aliphatic carbocycles. The molecule has 0 radical (unpaired) electrons. The Hall–Kier alpha value is -3.20. The molecule has 32 heavy (non-hydrogen) atoms. The molecule has 8 nitrogen and oxygen atoms in total. The van der Waals surface area contributed by atoms with Crippen LogP contribution in [0, 0.1) is 16.0 Å². The number of hydrogen-bond acceptors (Lipinski definition) is 6. The highest BCUT2D eigenvalue weighted by Gasteiger charge is 2.27. The molecule has 0 unspecified atom stereocenters. The molecule has 1 aliphatic heterocycles.